The molecule has 0 bridgehead atoms. The molecule has 0 saturated carbocycles. The lowest BCUT2D eigenvalue weighted by Gasteiger charge is -2.33. The monoisotopic (exact) mass is 455 g/mol. The van der Waals surface area contributed by atoms with E-state index < -0.39 is 12.6 Å². The van der Waals surface area contributed by atoms with E-state index in [0.717, 1.165) is 30.6 Å². The van der Waals surface area contributed by atoms with Crippen molar-refractivity contribution in [1.82, 2.24) is 10.2 Å². The van der Waals surface area contributed by atoms with Crippen molar-refractivity contribution in [3.05, 3.63) is 59.7 Å². The molecule has 1 saturated heterocycles. The Hall–Kier alpha value is -3.10. The molecule has 0 radical (unpaired) electrons. The Kier molecular flexibility index (Phi) is 8.68. The summed E-state index contributed by atoms with van der Waals surface area (Å²) in [5.41, 5.74) is 2.60. The third-order valence-electron chi connectivity index (χ3n) is 5.79. The number of carbonyl (C=O) groups excluding carboxylic acids is 1. The molecule has 1 aliphatic rings. The van der Waals surface area contributed by atoms with E-state index >= 15 is 0 Å². The van der Waals surface area contributed by atoms with Gasteiger partial charge >= 0.3 is 5.97 Å². The largest absolute Gasteiger partial charge is 0.482 e. The lowest BCUT2D eigenvalue weighted by Crippen LogP contribution is -2.36. The zero-order valence-electron chi connectivity index (χ0n) is 19.2. The van der Waals surface area contributed by atoms with Crippen LogP contribution in [0.4, 0.5) is 5.69 Å². The summed E-state index contributed by atoms with van der Waals surface area (Å²) in [6.07, 6.45) is 1.25. The first-order chi connectivity index (χ1) is 15.9. The summed E-state index contributed by atoms with van der Waals surface area (Å²) in [7, 11) is 2.00. The second kappa shape index (κ2) is 11.7. The van der Waals surface area contributed by atoms with Crippen LogP contribution in [0.1, 0.15) is 41.7 Å². The summed E-state index contributed by atoms with van der Waals surface area (Å²) in [6.45, 7) is 4.28. The van der Waals surface area contributed by atoms with Crippen molar-refractivity contribution in [2.45, 2.75) is 31.9 Å². The highest BCUT2D eigenvalue weighted by atomic mass is 16.5. The average molecular weight is 456 g/mol. The number of carboxylic acids is 1. The van der Waals surface area contributed by atoms with Crippen LogP contribution in [0.2, 0.25) is 0 Å². The Bertz CT molecular complexity index is 934. The smallest absolute Gasteiger partial charge is 0.341 e. The second-order valence-electron chi connectivity index (χ2n) is 8.39. The first kappa shape index (κ1) is 24.5. The number of aliphatic hydroxyl groups excluding tert-OH is 1. The quantitative estimate of drug-likeness (QED) is 0.479. The maximum absolute atomic E-state index is 12.2. The Morgan fingerprint density at radius 3 is 2.64 bits per heavy atom. The highest BCUT2D eigenvalue weighted by Gasteiger charge is 2.29. The summed E-state index contributed by atoms with van der Waals surface area (Å²) >= 11 is 0. The van der Waals surface area contributed by atoms with Crippen molar-refractivity contribution in [3.8, 4) is 5.75 Å². The highest BCUT2D eigenvalue weighted by molar-refractivity contribution is 5.94. The molecular weight excluding hydrogens is 422 g/mol. The molecule has 0 spiro atoms. The van der Waals surface area contributed by atoms with Gasteiger partial charge in [0.2, 0.25) is 0 Å². The average Bonchev–Trinajstić information content (AvgIpc) is 3.25. The van der Waals surface area contributed by atoms with Crippen LogP contribution in [0.3, 0.4) is 0 Å². The van der Waals surface area contributed by atoms with Crippen molar-refractivity contribution in [3.63, 3.8) is 0 Å². The van der Waals surface area contributed by atoms with Gasteiger partial charge in [0.25, 0.3) is 5.91 Å². The lowest BCUT2D eigenvalue weighted by atomic mass is 10.0. The molecule has 2 atom stereocenters. The molecule has 8 nitrogen and oxygen atoms in total. The molecule has 2 aromatic rings. The first-order valence-electron chi connectivity index (χ1n) is 11.3. The van der Waals surface area contributed by atoms with Crippen LogP contribution in [-0.2, 0) is 4.79 Å². The van der Waals surface area contributed by atoms with Gasteiger partial charge in [-0.1, -0.05) is 19.1 Å². The number of aliphatic hydroxyl groups is 1. The zero-order chi connectivity index (χ0) is 23.8. The van der Waals surface area contributed by atoms with Crippen molar-refractivity contribution in [2.75, 3.05) is 44.7 Å². The number of anilines is 1. The van der Waals surface area contributed by atoms with Gasteiger partial charge < -0.3 is 25.2 Å². The Labute approximate surface area is 194 Å². The molecule has 1 fully saturated rings. The summed E-state index contributed by atoms with van der Waals surface area (Å²) < 4.78 is 5.38. The highest BCUT2D eigenvalue weighted by Crippen LogP contribution is 2.30. The number of carboxylic acid groups (broad SMARTS) is 1. The number of nitrogens with one attached hydrogen (secondary N) is 1. The van der Waals surface area contributed by atoms with Crippen molar-refractivity contribution >= 4 is 17.6 Å². The molecule has 3 rings (SSSR count). The van der Waals surface area contributed by atoms with E-state index in [2.05, 4.69) is 15.1 Å². The molecule has 1 aliphatic heterocycles. The molecule has 8 heteroatoms. The van der Waals surface area contributed by atoms with Gasteiger partial charge in [-0.2, -0.15) is 0 Å². The van der Waals surface area contributed by atoms with Gasteiger partial charge in [0, 0.05) is 44.5 Å². The van der Waals surface area contributed by atoms with Crippen molar-refractivity contribution in [2.24, 2.45) is 0 Å². The predicted octanol–water partition coefficient (Wildman–Crippen LogP) is 2.53. The molecule has 1 heterocycles. The number of aliphatic carboxylic acids is 1. The van der Waals surface area contributed by atoms with E-state index in [1.807, 2.05) is 56.4 Å². The van der Waals surface area contributed by atoms with Gasteiger partial charge in [0.1, 0.15) is 5.75 Å². The molecule has 3 N–H and O–H groups in total. The molecule has 2 aromatic carbocycles. The fraction of sp³-hybridized carbons (Fsp3) is 0.440. The number of nitrogens with zero attached hydrogens (tertiary/aromatic N) is 2. The fourth-order valence-electron chi connectivity index (χ4n) is 4.01. The fourth-order valence-corrected chi connectivity index (χ4v) is 4.01. The second-order valence-corrected chi connectivity index (χ2v) is 8.39. The van der Waals surface area contributed by atoms with E-state index in [-0.39, 0.29) is 18.1 Å². The standard InChI is InChI=1S/C25H33N3O5/c1-3-12-26-25(32)18-7-9-20(10-8-18)27(2)16-23(28-13-11-21(29)15-28)19-5-4-6-22(14-19)33-17-24(30)31/h4-10,14,21,23,29H,3,11-13,15-17H2,1-2H3,(H,26,32)(H,30,31)/t21-,23-/m0/s1. The molecule has 0 aromatic heterocycles. The van der Waals surface area contributed by atoms with Crippen LogP contribution >= 0.6 is 0 Å². The van der Waals surface area contributed by atoms with Crippen LogP contribution < -0.4 is 15.0 Å². The van der Waals surface area contributed by atoms with Crippen molar-refractivity contribution < 1.29 is 24.5 Å². The van der Waals surface area contributed by atoms with E-state index in [9.17, 15) is 14.7 Å². The van der Waals surface area contributed by atoms with E-state index in [1.54, 1.807) is 6.07 Å². The van der Waals surface area contributed by atoms with Crippen LogP contribution in [0, 0.1) is 0 Å². The lowest BCUT2D eigenvalue weighted by molar-refractivity contribution is -0.139. The maximum atomic E-state index is 12.2. The minimum absolute atomic E-state index is 0.0203. The predicted molar refractivity (Wildman–Crippen MR) is 127 cm³/mol. The van der Waals surface area contributed by atoms with Gasteiger partial charge in [-0.3, -0.25) is 9.69 Å². The van der Waals surface area contributed by atoms with Gasteiger partial charge in [-0.25, -0.2) is 4.79 Å². The van der Waals surface area contributed by atoms with E-state index in [1.165, 1.54) is 0 Å². The molecule has 0 unspecified atom stereocenters. The minimum Gasteiger partial charge on any atom is -0.482 e. The van der Waals surface area contributed by atoms with Gasteiger partial charge in [-0.15, -0.1) is 0 Å². The maximum Gasteiger partial charge on any atom is 0.341 e. The number of hydrogen-bond acceptors (Lipinski definition) is 6. The number of likely N-dealkylation sites (N-methyl/N-ethyl adjacent to an activating group) is 1. The van der Waals surface area contributed by atoms with E-state index in [4.69, 9.17) is 9.84 Å². The third-order valence-corrected chi connectivity index (χ3v) is 5.79. The number of carbonyl (C=O) groups is 2. The summed E-state index contributed by atoms with van der Waals surface area (Å²) in [6, 6.07) is 15.0. The number of rotatable bonds is 11. The van der Waals surface area contributed by atoms with Gasteiger partial charge in [0.15, 0.2) is 6.61 Å². The number of amides is 1. The minimum atomic E-state index is -1.02. The van der Waals surface area contributed by atoms with Crippen LogP contribution in [-0.4, -0.2) is 72.9 Å². The first-order valence-corrected chi connectivity index (χ1v) is 11.3. The zero-order valence-corrected chi connectivity index (χ0v) is 19.2. The van der Waals surface area contributed by atoms with Crippen molar-refractivity contribution in [1.29, 1.82) is 0 Å². The number of likely N-dealkylation sites (tertiary alicyclic amines) is 1. The van der Waals surface area contributed by atoms with Crippen LogP contribution in [0.15, 0.2) is 48.5 Å². The Morgan fingerprint density at radius 1 is 1.24 bits per heavy atom. The molecule has 0 aliphatic carbocycles. The topological polar surface area (TPSA) is 102 Å². The number of hydrogen-bond donors (Lipinski definition) is 3. The third kappa shape index (κ3) is 6.94. The van der Waals surface area contributed by atoms with Gasteiger partial charge in [0.05, 0.1) is 12.1 Å². The SMILES string of the molecule is CCCNC(=O)c1ccc(N(C)C[C@@H](c2cccc(OCC(=O)O)c2)N2CC[C@H](O)C2)cc1. The molecule has 178 valence electrons. The summed E-state index contributed by atoms with van der Waals surface area (Å²) in [5.74, 6) is -0.593. The Balaban J connectivity index is 1.76. The normalized spacial score (nSPS) is 16.9. The Morgan fingerprint density at radius 2 is 2.00 bits per heavy atom. The van der Waals surface area contributed by atoms with Crippen LogP contribution in [0.25, 0.3) is 0 Å². The van der Waals surface area contributed by atoms with Gasteiger partial charge in [-0.05, 0) is 54.8 Å². The molecular formula is C25H33N3O5. The van der Waals surface area contributed by atoms with E-state index in [0.29, 0.717) is 30.9 Å². The van der Waals surface area contributed by atoms with Crippen LogP contribution in [0.5, 0.6) is 5.75 Å². The summed E-state index contributed by atoms with van der Waals surface area (Å²) in [5, 5.41) is 21.9. The molecule has 1 amide bonds. The number of benzene rings is 2. The number of β-amino-alcohol motifs (C(OH)–C–C–N with tert-alkyl or cyclic N) is 1. The summed E-state index contributed by atoms with van der Waals surface area (Å²) in [4.78, 5) is 27.4. The molecule has 33 heavy (non-hydrogen) atoms. The number of ether oxygens (including phenoxy) is 1.